The first-order valence-corrected chi connectivity index (χ1v) is 5.21. The van der Waals surface area contributed by atoms with Crippen molar-refractivity contribution < 1.29 is 4.79 Å². The topological polar surface area (TPSA) is 43.1 Å². The molecule has 1 atom stereocenters. The van der Waals surface area contributed by atoms with Gasteiger partial charge in [0.25, 0.3) is 0 Å². The van der Waals surface area contributed by atoms with Crippen molar-refractivity contribution in [3.05, 3.63) is 20.8 Å². The lowest BCUT2D eigenvalue weighted by Crippen LogP contribution is -2.12. The van der Waals surface area contributed by atoms with Gasteiger partial charge in [0.15, 0.2) is 0 Å². The maximum atomic E-state index is 10.7. The quantitative estimate of drug-likeness (QED) is 0.892. The molecule has 1 aromatic rings. The number of hydrogen-bond donors (Lipinski definition) is 1. The first-order valence-electron chi connectivity index (χ1n) is 3.60. The number of nitrogens with two attached hydrogens (primary N) is 1. The number of carbonyl (C=O) groups excluding carboxylic acids is 1. The highest BCUT2D eigenvalue weighted by molar-refractivity contribution is 9.11. The second-order valence-electron chi connectivity index (χ2n) is 2.65. The van der Waals surface area contributed by atoms with E-state index in [0.717, 1.165) is 8.66 Å². The molecule has 1 aromatic heterocycles. The Morgan fingerprint density at radius 1 is 1.75 bits per heavy atom. The highest BCUT2D eigenvalue weighted by Gasteiger charge is 2.10. The van der Waals surface area contributed by atoms with E-state index < -0.39 is 0 Å². The minimum atomic E-state index is -0.140. The molecular formula is C8H10BrNOS. The second kappa shape index (κ2) is 4.16. The van der Waals surface area contributed by atoms with E-state index in [2.05, 4.69) is 15.9 Å². The van der Waals surface area contributed by atoms with Gasteiger partial charge in [-0.3, -0.25) is 4.79 Å². The zero-order valence-electron chi connectivity index (χ0n) is 6.71. The number of thiophene rings is 1. The number of ketones is 1. The van der Waals surface area contributed by atoms with Gasteiger partial charge in [0.1, 0.15) is 5.78 Å². The van der Waals surface area contributed by atoms with Gasteiger partial charge in [-0.05, 0) is 35.0 Å². The molecule has 0 aliphatic carbocycles. The smallest absolute Gasteiger partial charge is 0.131 e. The van der Waals surface area contributed by atoms with Crippen molar-refractivity contribution >= 4 is 33.0 Å². The Kier molecular flexibility index (Phi) is 3.43. The summed E-state index contributed by atoms with van der Waals surface area (Å²) >= 11 is 4.92. The van der Waals surface area contributed by atoms with Crippen molar-refractivity contribution in [3.63, 3.8) is 0 Å². The summed E-state index contributed by atoms with van der Waals surface area (Å²) in [4.78, 5) is 11.8. The molecule has 0 saturated carbocycles. The summed E-state index contributed by atoms with van der Waals surface area (Å²) in [6, 6.07) is 3.75. The van der Waals surface area contributed by atoms with Gasteiger partial charge in [0.2, 0.25) is 0 Å². The Hall–Kier alpha value is -0.190. The highest BCUT2D eigenvalue weighted by Crippen LogP contribution is 2.27. The van der Waals surface area contributed by atoms with Crippen LogP contribution in [0.3, 0.4) is 0 Å². The Labute approximate surface area is 83.9 Å². The molecule has 66 valence electrons. The van der Waals surface area contributed by atoms with E-state index in [1.165, 1.54) is 0 Å². The van der Waals surface area contributed by atoms with Crippen LogP contribution in [0.5, 0.6) is 0 Å². The van der Waals surface area contributed by atoms with Crippen molar-refractivity contribution in [1.82, 2.24) is 0 Å². The van der Waals surface area contributed by atoms with Crippen molar-refractivity contribution in [2.75, 3.05) is 0 Å². The van der Waals surface area contributed by atoms with Crippen LogP contribution in [0.1, 0.15) is 24.3 Å². The maximum Gasteiger partial charge on any atom is 0.131 e. The zero-order valence-corrected chi connectivity index (χ0v) is 9.11. The van der Waals surface area contributed by atoms with Gasteiger partial charge >= 0.3 is 0 Å². The second-order valence-corrected chi connectivity index (χ2v) is 5.15. The summed E-state index contributed by atoms with van der Waals surface area (Å²) in [5.41, 5.74) is 5.78. The largest absolute Gasteiger partial charge is 0.323 e. The van der Waals surface area contributed by atoms with Gasteiger partial charge in [-0.2, -0.15) is 0 Å². The molecule has 12 heavy (non-hydrogen) atoms. The molecule has 0 aliphatic rings. The van der Waals surface area contributed by atoms with Crippen LogP contribution < -0.4 is 5.73 Å². The number of Topliss-reactive ketones (excluding diaryl/α,β-unsaturated/α-hetero) is 1. The average molecular weight is 248 g/mol. The fourth-order valence-corrected chi connectivity index (χ4v) is 2.36. The SMILES string of the molecule is CC(=O)CC(N)c1ccc(Br)s1. The van der Waals surface area contributed by atoms with Crippen molar-refractivity contribution in [2.24, 2.45) is 5.73 Å². The summed E-state index contributed by atoms with van der Waals surface area (Å²) in [5.74, 6) is 0.132. The summed E-state index contributed by atoms with van der Waals surface area (Å²) < 4.78 is 1.05. The fourth-order valence-electron chi connectivity index (χ4n) is 0.938. The highest BCUT2D eigenvalue weighted by atomic mass is 79.9. The summed E-state index contributed by atoms with van der Waals surface area (Å²) in [6.07, 6.45) is 0.424. The lowest BCUT2D eigenvalue weighted by atomic mass is 10.1. The molecule has 1 rings (SSSR count). The summed E-state index contributed by atoms with van der Waals surface area (Å²) in [5, 5.41) is 0. The monoisotopic (exact) mass is 247 g/mol. The number of halogens is 1. The minimum Gasteiger partial charge on any atom is -0.323 e. The van der Waals surface area contributed by atoms with E-state index in [4.69, 9.17) is 5.73 Å². The van der Waals surface area contributed by atoms with E-state index in [0.29, 0.717) is 6.42 Å². The van der Waals surface area contributed by atoms with Crippen LogP contribution in [0.25, 0.3) is 0 Å². The van der Waals surface area contributed by atoms with Gasteiger partial charge in [0.05, 0.1) is 3.79 Å². The molecule has 0 amide bonds. The van der Waals surface area contributed by atoms with Gasteiger partial charge in [-0.1, -0.05) is 0 Å². The molecule has 0 aromatic carbocycles. The summed E-state index contributed by atoms with van der Waals surface area (Å²) in [7, 11) is 0. The first-order chi connectivity index (χ1) is 5.59. The Morgan fingerprint density at radius 3 is 2.83 bits per heavy atom. The molecule has 0 aliphatic heterocycles. The van der Waals surface area contributed by atoms with Crippen molar-refractivity contribution in [1.29, 1.82) is 0 Å². The van der Waals surface area contributed by atoms with Crippen LogP contribution in [0.15, 0.2) is 15.9 Å². The molecule has 2 nitrogen and oxygen atoms in total. The van der Waals surface area contributed by atoms with Crippen molar-refractivity contribution in [2.45, 2.75) is 19.4 Å². The number of hydrogen-bond acceptors (Lipinski definition) is 3. The molecule has 0 fully saturated rings. The normalized spacial score (nSPS) is 12.9. The van der Waals surface area contributed by atoms with E-state index in [1.807, 2.05) is 12.1 Å². The lowest BCUT2D eigenvalue weighted by Gasteiger charge is -2.05. The third kappa shape index (κ3) is 2.69. The van der Waals surface area contributed by atoms with Crippen LogP contribution in [-0.4, -0.2) is 5.78 Å². The van der Waals surface area contributed by atoms with E-state index >= 15 is 0 Å². The Bertz CT molecular complexity index is 284. The van der Waals surface area contributed by atoms with Crippen LogP contribution in [0.4, 0.5) is 0 Å². The first kappa shape index (κ1) is 9.89. The van der Waals surface area contributed by atoms with Crippen molar-refractivity contribution in [3.8, 4) is 0 Å². The molecule has 4 heteroatoms. The van der Waals surface area contributed by atoms with Gasteiger partial charge < -0.3 is 5.73 Å². The standard InChI is InChI=1S/C8H10BrNOS/c1-5(11)4-6(10)7-2-3-8(9)12-7/h2-3,6H,4,10H2,1H3. The molecule has 2 N–H and O–H groups in total. The van der Waals surface area contributed by atoms with Crippen LogP contribution >= 0.6 is 27.3 Å². The van der Waals surface area contributed by atoms with E-state index in [9.17, 15) is 4.79 Å². The van der Waals surface area contributed by atoms with Crippen LogP contribution in [0.2, 0.25) is 0 Å². The molecule has 0 saturated heterocycles. The lowest BCUT2D eigenvalue weighted by molar-refractivity contribution is -0.117. The number of rotatable bonds is 3. The van der Waals surface area contributed by atoms with Crippen LogP contribution in [-0.2, 0) is 4.79 Å². The molecule has 1 heterocycles. The Morgan fingerprint density at radius 2 is 2.42 bits per heavy atom. The van der Waals surface area contributed by atoms with Gasteiger partial charge in [-0.25, -0.2) is 0 Å². The Balaban J connectivity index is 2.64. The molecule has 0 bridgehead atoms. The van der Waals surface area contributed by atoms with E-state index in [-0.39, 0.29) is 11.8 Å². The molecular weight excluding hydrogens is 238 g/mol. The third-order valence-electron chi connectivity index (χ3n) is 1.47. The fraction of sp³-hybridized carbons (Fsp3) is 0.375. The molecule has 1 unspecified atom stereocenters. The maximum absolute atomic E-state index is 10.7. The third-order valence-corrected chi connectivity index (χ3v) is 3.22. The van der Waals surface area contributed by atoms with Gasteiger partial charge in [-0.15, -0.1) is 11.3 Å². The van der Waals surface area contributed by atoms with E-state index in [1.54, 1.807) is 18.3 Å². The summed E-state index contributed by atoms with van der Waals surface area (Å²) in [6.45, 7) is 1.56. The zero-order chi connectivity index (χ0) is 9.14. The molecule has 0 spiro atoms. The predicted octanol–water partition coefficient (Wildman–Crippen LogP) is 2.49. The predicted molar refractivity (Wildman–Crippen MR) is 54.2 cm³/mol. The minimum absolute atomic E-state index is 0.132. The molecule has 0 radical (unpaired) electrons. The van der Waals surface area contributed by atoms with Gasteiger partial charge in [0, 0.05) is 17.3 Å². The van der Waals surface area contributed by atoms with Crippen LogP contribution in [0, 0.1) is 0 Å². The number of carbonyl (C=O) groups is 1. The average Bonchev–Trinajstić information content (AvgIpc) is 2.34.